The Kier molecular flexibility index (Phi) is 5.16. The number of carbonyl (C=O) groups is 1. The quantitative estimate of drug-likeness (QED) is 0.535. The van der Waals surface area contributed by atoms with Gasteiger partial charge in [0.2, 0.25) is 5.76 Å². The molecule has 0 saturated heterocycles. The molecule has 0 unspecified atom stereocenters. The summed E-state index contributed by atoms with van der Waals surface area (Å²) >= 11 is 0. The van der Waals surface area contributed by atoms with Gasteiger partial charge in [0.25, 0.3) is 0 Å². The largest absolute Gasteiger partial charge is 0.457 e. The molecule has 1 aliphatic carbocycles. The average Bonchev–Trinajstić information content (AvgIpc) is 3.11. The minimum absolute atomic E-state index is 0.225. The van der Waals surface area contributed by atoms with Crippen LogP contribution in [0, 0.1) is 5.92 Å². The maximum atomic E-state index is 11.8. The number of ether oxygens (including phenoxy) is 1. The zero-order valence-corrected chi connectivity index (χ0v) is 13.7. The number of benzene rings is 1. The highest BCUT2D eigenvalue weighted by Crippen LogP contribution is 2.37. The fourth-order valence-electron chi connectivity index (χ4n) is 3.55. The summed E-state index contributed by atoms with van der Waals surface area (Å²) in [5.41, 5.74) is 1.36. The highest BCUT2D eigenvalue weighted by molar-refractivity contribution is 5.88. The van der Waals surface area contributed by atoms with Crippen LogP contribution in [0.2, 0.25) is 0 Å². The number of hydrogen-bond acceptors (Lipinski definition) is 3. The van der Waals surface area contributed by atoms with Gasteiger partial charge in [-0.05, 0) is 67.3 Å². The summed E-state index contributed by atoms with van der Waals surface area (Å²) in [5.74, 6) is 1.91. The molecule has 0 atom stereocenters. The Morgan fingerprint density at radius 3 is 2.48 bits per heavy atom. The Balaban J connectivity index is 1.56. The van der Waals surface area contributed by atoms with Crippen molar-refractivity contribution in [3.05, 3.63) is 54.0 Å². The van der Waals surface area contributed by atoms with E-state index in [2.05, 4.69) is 19.1 Å². The van der Waals surface area contributed by atoms with Crippen LogP contribution in [0.3, 0.4) is 0 Å². The monoisotopic (exact) mass is 312 g/mol. The van der Waals surface area contributed by atoms with Gasteiger partial charge in [-0.2, -0.15) is 0 Å². The van der Waals surface area contributed by atoms with Crippen LogP contribution in [-0.4, -0.2) is 5.97 Å². The molecule has 1 fully saturated rings. The van der Waals surface area contributed by atoms with Gasteiger partial charge in [-0.1, -0.05) is 31.9 Å². The van der Waals surface area contributed by atoms with E-state index in [1.807, 2.05) is 12.1 Å². The molecule has 1 saturated carbocycles. The molecule has 122 valence electrons. The molecular weight excluding hydrogens is 288 g/mol. The maximum Gasteiger partial charge on any atom is 0.379 e. The van der Waals surface area contributed by atoms with Crippen molar-refractivity contribution in [1.82, 2.24) is 0 Å². The lowest BCUT2D eigenvalue weighted by molar-refractivity contribution is 0.0701. The van der Waals surface area contributed by atoms with E-state index in [-0.39, 0.29) is 5.76 Å². The van der Waals surface area contributed by atoms with Crippen molar-refractivity contribution in [2.45, 2.75) is 51.4 Å². The molecule has 1 aromatic carbocycles. The van der Waals surface area contributed by atoms with Crippen molar-refractivity contribution >= 4 is 5.97 Å². The summed E-state index contributed by atoms with van der Waals surface area (Å²) in [4.78, 5) is 11.8. The summed E-state index contributed by atoms with van der Waals surface area (Å²) < 4.78 is 10.4. The third-order valence-electron chi connectivity index (χ3n) is 4.83. The van der Waals surface area contributed by atoms with Crippen LogP contribution >= 0.6 is 0 Å². The van der Waals surface area contributed by atoms with Crippen molar-refractivity contribution in [3.8, 4) is 5.75 Å². The van der Waals surface area contributed by atoms with Crippen molar-refractivity contribution in [3.63, 3.8) is 0 Å². The third kappa shape index (κ3) is 4.04. The fourth-order valence-corrected chi connectivity index (χ4v) is 3.55. The first-order valence-corrected chi connectivity index (χ1v) is 8.62. The lowest BCUT2D eigenvalue weighted by atomic mass is 9.77. The smallest absolute Gasteiger partial charge is 0.379 e. The summed E-state index contributed by atoms with van der Waals surface area (Å²) in [5, 5.41) is 0. The molecule has 0 aliphatic heterocycles. The highest BCUT2D eigenvalue weighted by atomic mass is 16.5. The fraction of sp³-hybridized carbons (Fsp3) is 0.450. The molecule has 0 N–H and O–H groups in total. The van der Waals surface area contributed by atoms with Crippen molar-refractivity contribution in [2.24, 2.45) is 5.92 Å². The lowest BCUT2D eigenvalue weighted by Gasteiger charge is -2.28. The van der Waals surface area contributed by atoms with Crippen LogP contribution < -0.4 is 4.74 Å². The van der Waals surface area contributed by atoms with Gasteiger partial charge in [0.05, 0.1) is 6.26 Å². The van der Waals surface area contributed by atoms with Gasteiger partial charge in [-0.15, -0.1) is 0 Å². The summed E-state index contributed by atoms with van der Waals surface area (Å²) in [6, 6.07) is 11.2. The van der Waals surface area contributed by atoms with Gasteiger partial charge in [-0.3, -0.25) is 0 Å². The van der Waals surface area contributed by atoms with Gasteiger partial charge in [-0.25, -0.2) is 4.79 Å². The summed E-state index contributed by atoms with van der Waals surface area (Å²) in [7, 11) is 0. The predicted molar refractivity (Wildman–Crippen MR) is 89.7 cm³/mol. The van der Waals surface area contributed by atoms with Crippen LogP contribution in [0.15, 0.2) is 47.1 Å². The number of rotatable bonds is 5. The molecule has 1 aliphatic rings. The molecule has 1 heterocycles. The van der Waals surface area contributed by atoms with E-state index in [0.717, 1.165) is 5.92 Å². The Hall–Kier alpha value is -2.03. The van der Waals surface area contributed by atoms with Crippen LogP contribution in [0.1, 0.15) is 67.5 Å². The van der Waals surface area contributed by atoms with E-state index < -0.39 is 5.97 Å². The van der Waals surface area contributed by atoms with E-state index in [0.29, 0.717) is 11.7 Å². The van der Waals surface area contributed by atoms with Crippen LogP contribution in [-0.2, 0) is 0 Å². The summed E-state index contributed by atoms with van der Waals surface area (Å²) in [6.45, 7) is 2.27. The predicted octanol–water partition coefficient (Wildman–Crippen LogP) is 5.57. The molecule has 2 aromatic rings. The van der Waals surface area contributed by atoms with Gasteiger partial charge in [0.15, 0.2) is 0 Å². The first-order chi connectivity index (χ1) is 11.3. The van der Waals surface area contributed by atoms with Crippen molar-refractivity contribution in [1.29, 1.82) is 0 Å². The van der Waals surface area contributed by atoms with E-state index in [1.165, 1.54) is 50.4 Å². The van der Waals surface area contributed by atoms with E-state index in [4.69, 9.17) is 9.15 Å². The Morgan fingerprint density at radius 1 is 1.13 bits per heavy atom. The molecular formula is C20H24O3. The molecule has 1 aromatic heterocycles. The normalized spacial score (nSPS) is 21.1. The minimum atomic E-state index is -0.456. The second-order valence-electron chi connectivity index (χ2n) is 6.44. The number of esters is 1. The van der Waals surface area contributed by atoms with Gasteiger partial charge >= 0.3 is 5.97 Å². The van der Waals surface area contributed by atoms with Crippen LogP contribution in [0.5, 0.6) is 5.75 Å². The first kappa shape index (κ1) is 15.9. The van der Waals surface area contributed by atoms with Crippen molar-refractivity contribution < 1.29 is 13.9 Å². The molecule has 0 bridgehead atoms. The highest BCUT2D eigenvalue weighted by Gasteiger charge is 2.22. The topological polar surface area (TPSA) is 39.4 Å². The molecule has 0 amide bonds. The zero-order valence-electron chi connectivity index (χ0n) is 13.7. The van der Waals surface area contributed by atoms with Crippen LogP contribution in [0.25, 0.3) is 0 Å². The Labute approximate surface area is 137 Å². The maximum absolute atomic E-state index is 11.8. The lowest BCUT2D eigenvalue weighted by Crippen LogP contribution is -2.13. The molecule has 0 spiro atoms. The van der Waals surface area contributed by atoms with Gasteiger partial charge < -0.3 is 9.15 Å². The number of carbonyl (C=O) groups excluding carboxylic acids is 1. The van der Waals surface area contributed by atoms with Gasteiger partial charge in [0, 0.05) is 0 Å². The number of furan rings is 1. The third-order valence-corrected chi connectivity index (χ3v) is 4.83. The standard InChI is InChI=1S/C20H24O3/c1-2-4-15-6-8-16(9-7-15)17-10-12-18(13-11-17)23-20(21)19-5-3-14-22-19/h3,5,10-16H,2,4,6-9H2,1H3. The molecule has 3 nitrogen and oxygen atoms in total. The average molecular weight is 312 g/mol. The zero-order chi connectivity index (χ0) is 16.1. The minimum Gasteiger partial charge on any atom is -0.457 e. The number of hydrogen-bond donors (Lipinski definition) is 0. The Morgan fingerprint density at radius 2 is 1.87 bits per heavy atom. The second kappa shape index (κ2) is 7.49. The van der Waals surface area contributed by atoms with Gasteiger partial charge in [0.1, 0.15) is 5.75 Å². The second-order valence-corrected chi connectivity index (χ2v) is 6.44. The first-order valence-electron chi connectivity index (χ1n) is 8.62. The van der Waals surface area contributed by atoms with Crippen LogP contribution in [0.4, 0.5) is 0 Å². The molecule has 23 heavy (non-hydrogen) atoms. The van der Waals surface area contributed by atoms with E-state index in [9.17, 15) is 4.79 Å². The molecule has 3 rings (SSSR count). The molecule has 3 heteroatoms. The van der Waals surface area contributed by atoms with E-state index >= 15 is 0 Å². The molecule has 0 radical (unpaired) electrons. The van der Waals surface area contributed by atoms with Crippen molar-refractivity contribution in [2.75, 3.05) is 0 Å². The summed E-state index contributed by atoms with van der Waals surface area (Å²) in [6.07, 6.45) is 9.36. The SMILES string of the molecule is CCCC1CCC(c2ccc(OC(=O)c3ccco3)cc2)CC1. The Bertz CT molecular complexity index is 605. The van der Waals surface area contributed by atoms with E-state index in [1.54, 1.807) is 12.1 Å².